The SMILES string of the molecule is O=S(=O)([O-])c1ccc2c3nc4nc(nc5[nH]c(nc6nc(nc([nH]3)c2c1S(=O)(=O)[O-])-c1ccccc1-6)c1ccccc51)-c1ccccc1-4.O=S(=O)([O-])c1ccc2c3nc4nc(nc5[nH]c(nc6nc(nc([nH]3)c2c1S(=O)(=O)[O-])-c1ccccc1-6)c1ccccc51)-c1ccccc1-4.O=S(=O)([O-])c1ccc2c3nc4nc(nc5[nH]c(nc6nc(nc([nH]3)c2c1S(=O)(=O)[O-])-c1ccccc1-6)c1ccccc51)-c1ccccc1-4.[Cr+3].[Cr+3]. The first-order chi connectivity index (χ1) is 69.1. The Morgan fingerprint density at radius 3 is 0.425 bits per heavy atom. The molecular formula is C96H48Cr2N24O18S6. The molecule has 15 heterocycles. The molecule has 146 heavy (non-hydrogen) atoms. The summed E-state index contributed by atoms with van der Waals surface area (Å²) in [5, 5.41) is 3.39. The van der Waals surface area contributed by atoms with Gasteiger partial charge in [-0.05, 0) is 36.4 Å². The molecule has 0 atom stereocenters. The van der Waals surface area contributed by atoms with Crippen LogP contribution < -0.4 is 0 Å². The number of nitrogens with one attached hydrogen (secondary N) is 6. The zero-order valence-corrected chi connectivity index (χ0v) is 80.4. The van der Waals surface area contributed by atoms with Gasteiger partial charge in [0.1, 0.15) is 128 Å². The number of aromatic amines is 6. The van der Waals surface area contributed by atoms with E-state index < -0.39 is 106 Å². The number of nitrogens with zero attached hydrogens (tertiary/aromatic N) is 18. The first-order valence-corrected chi connectivity index (χ1v) is 51.2. The smallest absolute Gasteiger partial charge is 0.744 e. The summed E-state index contributed by atoms with van der Waals surface area (Å²) in [7, 11) is -32.9. The number of hydrogen-bond donors (Lipinski definition) is 6. The molecule has 0 fully saturated rings. The van der Waals surface area contributed by atoms with Crippen LogP contribution in [0.15, 0.2) is 284 Å². The minimum atomic E-state index is -5.56. The summed E-state index contributed by atoms with van der Waals surface area (Å²) in [5.41, 5.74) is 9.25. The quantitative estimate of drug-likeness (QED) is 0.0842. The molecule has 21 aromatic rings. The van der Waals surface area contributed by atoms with Crippen molar-refractivity contribution in [3.8, 4) is 137 Å². The van der Waals surface area contributed by atoms with Crippen molar-refractivity contribution in [2.75, 3.05) is 0 Å². The van der Waals surface area contributed by atoms with Crippen LogP contribution in [0.25, 0.3) is 269 Å². The Kier molecular flexibility index (Phi) is 21.6. The van der Waals surface area contributed by atoms with Gasteiger partial charge in [-0.1, -0.05) is 218 Å². The molecule has 6 aliphatic rings. The van der Waals surface area contributed by atoms with Crippen LogP contribution in [-0.4, -0.2) is 197 Å². The predicted molar refractivity (Wildman–Crippen MR) is 516 cm³/mol. The third-order valence-electron chi connectivity index (χ3n) is 24.5. The van der Waals surface area contributed by atoms with Crippen LogP contribution in [0.3, 0.4) is 0 Å². The molecule has 27 rings (SSSR count). The Bertz CT molecular complexity index is 9890. The summed E-state index contributed by atoms with van der Waals surface area (Å²) in [4.78, 5) is 96.6. The van der Waals surface area contributed by atoms with Gasteiger partial charge in [0.25, 0.3) is 0 Å². The summed E-state index contributed by atoms with van der Waals surface area (Å²) in [6, 6.07) is 71.5. The predicted octanol–water partition coefficient (Wildman–Crippen LogP) is 14.0. The van der Waals surface area contributed by atoms with Crippen molar-refractivity contribution in [2.45, 2.75) is 29.4 Å². The molecule has 50 heteroatoms. The summed E-state index contributed by atoms with van der Waals surface area (Å²) < 4.78 is 224. The normalized spacial score (nSPS) is 12.5. The first kappa shape index (κ1) is 92.9. The molecule has 708 valence electrons. The van der Waals surface area contributed by atoms with Gasteiger partial charge >= 0.3 is 34.7 Å². The molecule has 12 aromatic carbocycles. The summed E-state index contributed by atoms with van der Waals surface area (Å²) >= 11 is 0. The molecule has 42 nitrogen and oxygen atoms in total. The Hall–Kier alpha value is -16.8. The van der Waals surface area contributed by atoms with Gasteiger partial charge < -0.3 is 57.2 Å². The summed E-state index contributed by atoms with van der Waals surface area (Å²) in [5.74, 6) is 2.63. The van der Waals surface area contributed by atoms with E-state index in [1.54, 1.807) is 109 Å². The van der Waals surface area contributed by atoms with Gasteiger partial charge in [0, 0.05) is 131 Å². The van der Waals surface area contributed by atoms with Gasteiger partial charge in [-0.2, -0.15) is 0 Å². The Balaban J connectivity index is 0.000000120. The molecular weight excluding hydrogens is 2070 g/mol. The standard InChI is InChI=1S/3C32H18N8O6S2.2Cr/c3*41-47(42,43)22-14-13-21-23(24(22)48(44,45)46)32-39-30-20-12-6-5-11-19(20)28(37-30)35-26-16-8-2-1-7-15(16)25(33-26)34-27-17-9-3-4-10-18(17)29(36-27)38-31(21)40-32;;/h3*1-14H,(H,41,42,43)(H,44,45,46)(H2,33,34,35,36,37,38,39,40);;/q;;;2*+3/p-6. The van der Waals surface area contributed by atoms with Crippen LogP contribution >= 0.6 is 0 Å². The molecule has 24 bridgehead atoms. The molecule has 0 unspecified atom stereocenters. The maximum absolute atomic E-state index is 12.7. The summed E-state index contributed by atoms with van der Waals surface area (Å²) in [6.07, 6.45) is 0. The molecule has 0 saturated carbocycles. The fourth-order valence-corrected chi connectivity index (χ4v) is 24.2. The minimum Gasteiger partial charge on any atom is -0.744 e. The van der Waals surface area contributed by atoms with Crippen molar-refractivity contribution >= 4 is 193 Å². The number of hydrogen-bond acceptors (Lipinski definition) is 36. The average molecular weight is 2120 g/mol. The maximum Gasteiger partial charge on any atom is 3.00 e. The molecule has 2 radical (unpaired) electrons. The number of benzene rings is 12. The van der Waals surface area contributed by atoms with Gasteiger partial charge in [-0.15, -0.1) is 0 Å². The van der Waals surface area contributed by atoms with Crippen LogP contribution in [0, 0.1) is 0 Å². The van der Waals surface area contributed by atoms with Gasteiger partial charge in [0.15, 0.2) is 69.9 Å². The van der Waals surface area contributed by atoms with E-state index in [1.807, 2.05) is 109 Å². The van der Waals surface area contributed by atoms with Crippen molar-refractivity contribution < 1.29 is 113 Å². The van der Waals surface area contributed by atoms with Crippen molar-refractivity contribution in [1.82, 2.24) is 120 Å². The van der Waals surface area contributed by atoms with Gasteiger partial charge in [-0.25, -0.2) is 140 Å². The fraction of sp³-hybridized carbons (Fsp3) is 0. The maximum atomic E-state index is 12.7. The number of H-pyrrole nitrogens is 6. The zero-order chi connectivity index (χ0) is 98.8. The van der Waals surface area contributed by atoms with Crippen molar-refractivity contribution in [3.63, 3.8) is 0 Å². The second-order valence-corrected chi connectivity index (χ2v) is 40.9. The zero-order valence-electron chi connectivity index (χ0n) is 72.9. The van der Waals surface area contributed by atoms with E-state index in [-0.39, 0.29) is 137 Å². The van der Waals surface area contributed by atoms with Crippen LogP contribution in [0.4, 0.5) is 0 Å². The van der Waals surface area contributed by atoms with E-state index >= 15 is 0 Å². The van der Waals surface area contributed by atoms with Crippen LogP contribution in [0.2, 0.25) is 0 Å². The largest absolute Gasteiger partial charge is 3.00 e. The molecule has 6 aliphatic heterocycles. The third kappa shape index (κ3) is 15.5. The Morgan fingerprint density at radius 2 is 0.281 bits per heavy atom. The molecule has 0 spiro atoms. The van der Waals surface area contributed by atoms with E-state index in [0.29, 0.717) is 118 Å². The summed E-state index contributed by atoms with van der Waals surface area (Å²) in [6.45, 7) is 0. The Morgan fingerprint density at radius 1 is 0.151 bits per heavy atom. The van der Waals surface area contributed by atoms with Gasteiger partial charge in [0.05, 0.1) is 29.4 Å². The fourth-order valence-electron chi connectivity index (χ4n) is 18.4. The molecule has 0 amide bonds. The van der Waals surface area contributed by atoms with Crippen molar-refractivity contribution in [2.24, 2.45) is 0 Å². The molecule has 6 N–H and O–H groups in total. The number of rotatable bonds is 6. The number of aromatic nitrogens is 24. The molecule has 0 aliphatic carbocycles. The van der Waals surface area contributed by atoms with Crippen LogP contribution in [-0.2, 0) is 95.4 Å². The van der Waals surface area contributed by atoms with E-state index in [1.165, 1.54) is 18.2 Å². The number of fused-ring (bicyclic) bond motifs is 60. The first-order valence-electron chi connectivity index (χ1n) is 42.7. The van der Waals surface area contributed by atoms with Crippen LogP contribution in [0.5, 0.6) is 0 Å². The van der Waals surface area contributed by atoms with Crippen molar-refractivity contribution in [3.05, 3.63) is 255 Å². The average Bonchev–Trinajstić information content (AvgIpc) is 1.58. The molecule has 0 saturated heterocycles. The van der Waals surface area contributed by atoms with Crippen LogP contribution in [0.1, 0.15) is 0 Å². The third-order valence-corrected chi connectivity index (χ3v) is 30.3. The van der Waals surface area contributed by atoms with Crippen molar-refractivity contribution in [1.29, 1.82) is 0 Å². The molecule has 9 aromatic heterocycles. The van der Waals surface area contributed by atoms with E-state index in [4.69, 9.17) is 59.8 Å². The van der Waals surface area contributed by atoms with E-state index in [2.05, 4.69) is 59.8 Å². The monoisotopic (exact) mass is 2120 g/mol. The second kappa shape index (κ2) is 34.0. The van der Waals surface area contributed by atoms with Gasteiger partial charge in [-0.3, -0.25) is 0 Å². The topological polar surface area (TPSA) is 670 Å². The Labute approximate surface area is 839 Å². The van der Waals surface area contributed by atoms with E-state index in [9.17, 15) is 77.8 Å². The second-order valence-electron chi connectivity index (χ2n) is 32.9. The van der Waals surface area contributed by atoms with E-state index in [0.717, 1.165) is 50.5 Å². The minimum absolute atomic E-state index is 0. The van der Waals surface area contributed by atoms with Gasteiger partial charge in [0.2, 0.25) is 0 Å².